The Kier molecular flexibility index (Phi) is 6.22. The van der Waals surface area contributed by atoms with Crippen molar-refractivity contribution in [3.63, 3.8) is 0 Å². The molecule has 0 amide bonds. The van der Waals surface area contributed by atoms with Gasteiger partial charge in [-0.05, 0) is 12.8 Å². The van der Waals surface area contributed by atoms with Crippen LogP contribution in [0.4, 0.5) is 0 Å². The van der Waals surface area contributed by atoms with Crippen molar-refractivity contribution in [1.82, 2.24) is 4.23 Å². The van der Waals surface area contributed by atoms with E-state index < -0.39 is 16.5 Å². The van der Waals surface area contributed by atoms with Crippen LogP contribution in [0.15, 0.2) is 12.2 Å². The summed E-state index contributed by atoms with van der Waals surface area (Å²) in [6, 6.07) is 0. The molecule has 0 aromatic heterocycles. The quantitative estimate of drug-likeness (QED) is 0.472. The van der Waals surface area contributed by atoms with Crippen molar-refractivity contribution in [2.45, 2.75) is 65.5 Å². The van der Waals surface area contributed by atoms with Gasteiger partial charge in [-0.25, -0.2) is 0 Å². The Bertz CT molecular complexity index is 209. The molecule has 0 heterocycles. The summed E-state index contributed by atoms with van der Waals surface area (Å²) in [5.74, 6) is 0. The molecule has 1 nitrogen and oxygen atoms in total. The molecule has 16 heavy (non-hydrogen) atoms. The van der Waals surface area contributed by atoms with Crippen LogP contribution in [0.25, 0.3) is 0 Å². The molecule has 0 aliphatic heterocycles. The summed E-state index contributed by atoms with van der Waals surface area (Å²) in [5, 5.41) is 0. The SMILES string of the molecule is C=C(CCCC)CN([Si](C)(C)C)[Si](C)(C)C. The van der Waals surface area contributed by atoms with E-state index in [9.17, 15) is 0 Å². The van der Waals surface area contributed by atoms with E-state index in [-0.39, 0.29) is 0 Å². The Labute approximate surface area is 105 Å². The fourth-order valence-electron chi connectivity index (χ4n) is 2.21. The van der Waals surface area contributed by atoms with E-state index in [1.807, 2.05) is 0 Å². The van der Waals surface area contributed by atoms with Gasteiger partial charge in [0.1, 0.15) is 16.5 Å². The van der Waals surface area contributed by atoms with E-state index in [4.69, 9.17) is 0 Å². The highest BCUT2D eigenvalue weighted by atomic mass is 28.4. The molecule has 0 atom stereocenters. The maximum Gasteiger partial charge on any atom is 0.112 e. The van der Waals surface area contributed by atoms with Gasteiger partial charge in [0.05, 0.1) is 0 Å². The maximum absolute atomic E-state index is 4.26. The highest BCUT2D eigenvalue weighted by Crippen LogP contribution is 2.22. The van der Waals surface area contributed by atoms with E-state index in [2.05, 4.69) is 57.0 Å². The molecule has 0 N–H and O–H groups in total. The van der Waals surface area contributed by atoms with Gasteiger partial charge in [0.25, 0.3) is 0 Å². The Morgan fingerprint density at radius 3 is 1.75 bits per heavy atom. The van der Waals surface area contributed by atoms with E-state index in [0.29, 0.717) is 0 Å². The van der Waals surface area contributed by atoms with Gasteiger partial charge >= 0.3 is 0 Å². The predicted molar refractivity (Wildman–Crippen MR) is 82.1 cm³/mol. The van der Waals surface area contributed by atoms with Crippen LogP contribution < -0.4 is 0 Å². The first-order valence-corrected chi connectivity index (χ1v) is 13.4. The Balaban J connectivity index is 4.52. The molecule has 0 unspecified atom stereocenters. The summed E-state index contributed by atoms with van der Waals surface area (Å²) in [6.45, 7) is 22.4. The molecule has 0 saturated carbocycles. The molecule has 3 heteroatoms. The summed E-state index contributed by atoms with van der Waals surface area (Å²) in [5.41, 5.74) is 1.44. The van der Waals surface area contributed by atoms with E-state index in [0.717, 1.165) is 6.54 Å². The third-order valence-electron chi connectivity index (χ3n) is 2.89. The number of rotatable bonds is 7. The van der Waals surface area contributed by atoms with Gasteiger partial charge < -0.3 is 4.23 Å². The van der Waals surface area contributed by atoms with Crippen molar-refractivity contribution in [3.05, 3.63) is 12.2 Å². The fraction of sp³-hybridized carbons (Fsp3) is 0.846. The minimum atomic E-state index is -1.19. The van der Waals surface area contributed by atoms with Crippen molar-refractivity contribution in [2.75, 3.05) is 6.54 Å². The van der Waals surface area contributed by atoms with Crippen LogP contribution in [0.5, 0.6) is 0 Å². The molecule has 0 fully saturated rings. The second-order valence-electron chi connectivity index (χ2n) is 6.78. The second-order valence-corrected chi connectivity index (χ2v) is 17.0. The van der Waals surface area contributed by atoms with Gasteiger partial charge in [-0.1, -0.05) is 64.8 Å². The van der Waals surface area contributed by atoms with Crippen molar-refractivity contribution >= 4 is 16.5 Å². The largest absolute Gasteiger partial charge is 0.342 e. The number of hydrogen-bond acceptors (Lipinski definition) is 1. The van der Waals surface area contributed by atoms with E-state index in [1.165, 1.54) is 24.8 Å². The smallest absolute Gasteiger partial charge is 0.112 e. The molecule has 0 aliphatic carbocycles. The molecule has 0 aromatic rings. The first-order valence-electron chi connectivity index (χ1n) is 6.53. The topological polar surface area (TPSA) is 3.24 Å². The third kappa shape index (κ3) is 6.01. The molecular weight excluding hydrogens is 226 g/mol. The molecule has 96 valence electrons. The minimum absolute atomic E-state index is 1.14. The molecule has 0 radical (unpaired) electrons. The van der Waals surface area contributed by atoms with Gasteiger partial charge in [-0.2, -0.15) is 0 Å². The zero-order valence-corrected chi connectivity index (χ0v) is 14.5. The monoisotopic (exact) mass is 257 g/mol. The average Bonchev–Trinajstić information content (AvgIpc) is 2.07. The minimum Gasteiger partial charge on any atom is -0.342 e. The lowest BCUT2D eigenvalue weighted by atomic mass is 10.1. The zero-order valence-electron chi connectivity index (χ0n) is 12.5. The molecule has 0 saturated heterocycles. The second kappa shape index (κ2) is 6.17. The lowest BCUT2D eigenvalue weighted by Crippen LogP contribution is -2.59. The van der Waals surface area contributed by atoms with Crippen LogP contribution in [-0.4, -0.2) is 27.2 Å². The van der Waals surface area contributed by atoms with Gasteiger partial charge in [0, 0.05) is 6.54 Å². The van der Waals surface area contributed by atoms with Crippen LogP contribution >= 0.6 is 0 Å². The Morgan fingerprint density at radius 2 is 1.44 bits per heavy atom. The summed E-state index contributed by atoms with van der Waals surface area (Å²) >= 11 is 0. The van der Waals surface area contributed by atoms with Crippen LogP contribution in [0.2, 0.25) is 39.3 Å². The number of unbranched alkanes of at least 4 members (excludes halogenated alkanes) is 1. The zero-order chi connectivity index (χ0) is 13.0. The van der Waals surface area contributed by atoms with Crippen molar-refractivity contribution in [1.29, 1.82) is 0 Å². The van der Waals surface area contributed by atoms with Crippen LogP contribution in [0.1, 0.15) is 26.2 Å². The molecular formula is C13H31NSi2. The number of nitrogens with zero attached hydrogens (tertiary/aromatic N) is 1. The summed E-state index contributed by atoms with van der Waals surface area (Å²) in [6.07, 6.45) is 3.78. The van der Waals surface area contributed by atoms with Crippen LogP contribution in [0, 0.1) is 0 Å². The van der Waals surface area contributed by atoms with Crippen LogP contribution in [0.3, 0.4) is 0 Å². The molecule has 0 bridgehead atoms. The van der Waals surface area contributed by atoms with Gasteiger partial charge in [0.2, 0.25) is 0 Å². The number of hydrogen-bond donors (Lipinski definition) is 0. The highest BCUT2D eigenvalue weighted by molar-refractivity contribution is 6.89. The highest BCUT2D eigenvalue weighted by Gasteiger charge is 2.34. The van der Waals surface area contributed by atoms with E-state index in [1.54, 1.807) is 0 Å². The van der Waals surface area contributed by atoms with E-state index >= 15 is 0 Å². The van der Waals surface area contributed by atoms with Gasteiger partial charge in [0.15, 0.2) is 0 Å². The molecule has 0 spiro atoms. The summed E-state index contributed by atoms with van der Waals surface area (Å²) in [7, 11) is -2.38. The van der Waals surface area contributed by atoms with Gasteiger partial charge in [-0.3, -0.25) is 0 Å². The first kappa shape index (κ1) is 16.1. The first-order chi connectivity index (χ1) is 7.09. The normalized spacial score (nSPS) is 13.2. The fourth-order valence-corrected chi connectivity index (χ4v) is 11.7. The Hall–Kier alpha value is 0.134. The lowest BCUT2D eigenvalue weighted by molar-refractivity contribution is 0.636. The molecule has 0 aromatic carbocycles. The lowest BCUT2D eigenvalue weighted by Gasteiger charge is -2.44. The molecule has 0 aliphatic rings. The summed E-state index contributed by atoms with van der Waals surface area (Å²) < 4.78 is 2.82. The van der Waals surface area contributed by atoms with Crippen molar-refractivity contribution < 1.29 is 0 Å². The predicted octanol–water partition coefficient (Wildman–Crippen LogP) is 4.70. The van der Waals surface area contributed by atoms with Crippen LogP contribution in [-0.2, 0) is 0 Å². The van der Waals surface area contributed by atoms with Gasteiger partial charge in [-0.15, -0.1) is 0 Å². The molecule has 0 rings (SSSR count). The Morgan fingerprint density at radius 1 is 1.00 bits per heavy atom. The average molecular weight is 258 g/mol. The maximum atomic E-state index is 4.26. The summed E-state index contributed by atoms with van der Waals surface area (Å²) in [4.78, 5) is 0. The third-order valence-corrected chi connectivity index (χ3v) is 10.5. The van der Waals surface area contributed by atoms with Crippen molar-refractivity contribution in [2.24, 2.45) is 0 Å². The van der Waals surface area contributed by atoms with Crippen molar-refractivity contribution in [3.8, 4) is 0 Å². The standard InChI is InChI=1S/C13H31NSi2/c1-9-10-11-13(2)12-14(15(3,4)5)16(6,7)8/h2,9-12H2,1,3-8H3.